The largest absolute Gasteiger partial charge is 0.497 e. The van der Waals surface area contributed by atoms with Crippen molar-refractivity contribution in [2.75, 3.05) is 13.7 Å². The molecular weight excluding hydrogens is 306 g/mol. The summed E-state index contributed by atoms with van der Waals surface area (Å²) in [5, 5.41) is 3.69. The Bertz CT molecular complexity index is 641. The molecule has 120 valence electrons. The molecule has 0 spiro atoms. The molecule has 4 nitrogen and oxygen atoms in total. The predicted molar refractivity (Wildman–Crippen MR) is 99.0 cm³/mol. The third-order valence-electron chi connectivity index (χ3n) is 3.31. The number of methoxy groups -OCH3 is 1. The van der Waals surface area contributed by atoms with E-state index in [0.29, 0.717) is 5.11 Å². The number of nitrogens with one attached hydrogen (secondary N) is 3. The SMILES string of the molecule is C=C(NNC(=S)NCCc1ccccc1)c1ccc(OC)cc1. The van der Waals surface area contributed by atoms with Gasteiger partial charge in [-0.25, -0.2) is 0 Å². The molecule has 0 aliphatic rings. The second-order valence-electron chi connectivity index (χ2n) is 4.95. The van der Waals surface area contributed by atoms with Gasteiger partial charge in [-0.15, -0.1) is 0 Å². The first kappa shape index (κ1) is 16.8. The fourth-order valence-electron chi connectivity index (χ4n) is 2.01. The topological polar surface area (TPSA) is 45.3 Å². The first-order valence-corrected chi connectivity index (χ1v) is 7.77. The van der Waals surface area contributed by atoms with Crippen molar-refractivity contribution in [1.82, 2.24) is 16.2 Å². The summed E-state index contributed by atoms with van der Waals surface area (Å²) in [4.78, 5) is 0. The molecule has 0 saturated carbocycles. The smallest absolute Gasteiger partial charge is 0.185 e. The van der Waals surface area contributed by atoms with E-state index in [-0.39, 0.29) is 0 Å². The monoisotopic (exact) mass is 327 g/mol. The molecule has 0 atom stereocenters. The van der Waals surface area contributed by atoms with Crippen LogP contribution in [-0.4, -0.2) is 18.8 Å². The summed E-state index contributed by atoms with van der Waals surface area (Å²) >= 11 is 5.23. The van der Waals surface area contributed by atoms with Crippen LogP contribution in [0.3, 0.4) is 0 Å². The molecule has 23 heavy (non-hydrogen) atoms. The molecular formula is C18H21N3OS. The molecule has 2 aromatic rings. The first-order valence-electron chi connectivity index (χ1n) is 7.36. The fraction of sp³-hybridized carbons (Fsp3) is 0.167. The van der Waals surface area contributed by atoms with E-state index in [0.717, 1.165) is 30.0 Å². The average molecular weight is 327 g/mol. The molecule has 0 amide bonds. The van der Waals surface area contributed by atoms with Crippen LogP contribution >= 0.6 is 12.2 Å². The zero-order valence-electron chi connectivity index (χ0n) is 13.1. The summed E-state index contributed by atoms with van der Waals surface area (Å²) < 4.78 is 5.13. The molecule has 0 bridgehead atoms. The molecule has 0 radical (unpaired) electrons. The van der Waals surface area contributed by atoms with Crippen LogP contribution in [0.1, 0.15) is 11.1 Å². The van der Waals surface area contributed by atoms with Crippen LogP contribution in [-0.2, 0) is 6.42 Å². The second-order valence-corrected chi connectivity index (χ2v) is 5.36. The summed E-state index contributed by atoms with van der Waals surface area (Å²) in [6.07, 6.45) is 0.919. The predicted octanol–water partition coefficient (Wildman–Crippen LogP) is 2.88. The highest BCUT2D eigenvalue weighted by Gasteiger charge is 2.00. The van der Waals surface area contributed by atoms with Crippen LogP contribution in [0.15, 0.2) is 61.2 Å². The normalized spacial score (nSPS) is 9.78. The fourth-order valence-corrected chi connectivity index (χ4v) is 2.16. The summed E-state index contributed by atoms with van der Waals surface area (Å²) in [6, 6.07) is 17.9. The van der Waals surface area contributed by atoms with Crippen LogP contribution < -0.4 is 20.9 Å². The Labute approximate surface area is 142 Å². The van der Waals surface area contributed by atoms with Crippen LogP contribution in [0.2, 0.25) is 0 Å². The van der Waals surface area contributed by atoms with E-state index < -0.39 is 0 Å². The van der Waals surface area contributed by atoms with E-state index in [9.17, 15) is 0 Å². The van der Waals surface area contributed by atoms with E-state index in [1.807, 2.05) is 42.5 Å². The van der Waals surface area contributed by atoms with Gasteiger partial charge in [-0.1, -0.05) is 36.9 Å². The van der Waals surface area contributed by atoms with Gasteiger partial charge in [0.15, 0.2) is 5.11 Å². The number of hydrogen-bond acceptors (Lipinski definition) is 3. The maximum Gasteiger partial charge on any atom is 0.185 e. The summed E-state index contributed by atoms with van der Waals surface area (Å²) in [7, 11) is 1.64. The van der Waals surface area contributed by atoms with Gasteiger partial charge in [-0.05, 0) is 54.0 Å². The lowest BCUT2D eigenvalue weighted by atomic mass is 10.1. The van der Waals surface area contributed by atoms with Crippen molar-refractivity contribution >= 4 is 23.0 Å². The summed E-state index contributed by atoms with van der Waals surface area (Å²) in [5.74, 6) is 0.813. The van der Waals surface area contributed by atoms with Gasteiger partial charge in [0, 0.05) is 6.54 Å². The quantitative estimate of drug-likeness (QED) is 0.539. The number of benzene rings is 2. The number of thiocarbonyl (C=S) groups is 1. The molecule has 0 heterocycles. The molecule has 0 aromatic heterocycles. The molecule has 0 aliphatic heterocycles. The minimum atomic E-state index is 0.538. The first-order chi connectivity index (χ1) is 11.2. The van der Waals surface area contributed by atoms with Gasteiger partial charge in [-0.2, -0.15) is 0 Å². The molecule has 0 saturated heterocycles. The lowest BCUT2D eigenvalue weighted by Crippen LogP contribution is -2.43. The highest BCUT2D eigenvalue weighted by molar-refractivity contribution is 7.80. The maximum absolute atomic E-state index is 5.23. The van der Waals surface area contributed by atoms with Crippen molar-refractivity contribution in [3.8, 4) is 5.75 Å². The second kappa shape index (κ2) is 8.80. The van der Waals surface area contributed by atoms with Crippen molar-refractivity contribution in [3.05, 3.63) is 72.3 Å². The van der Waals surface area contributed by atoms with Crippen molar-refractivity contribution in [3.63, 3.8) is 0 Å². The zero-order chi connectivity index (χ0) is 16.5. The highest BCUT2D eigenvalue weighted by Crippen LogP contribution is 2.15. The van der Waals surface area contributed by atoms with Crippen molar-refractivity contribution in [1.29, 1.82) is 0 Å². The van der Waals surface area contributed by atoms with Crippen molar-refractivity contribution in [2.24, 2.45) is 0 Å². The van der Waals surface area contributed by atoms with E-state index in [4.69, 9.17) is 17.0 Å². The molecule has 0 unspecified atom stereocenters. The van der Waals surface area contributed by atoms with Gasteiger partial charge in [0.05, 0.1) is 12.8 Å². The highest BCUT2D eigenvalue weighted by atomic mass is 32.1. The van der Waals surface area contributed by atoms with E-state index in [1.54, 1.807) is 7.11 Å². The zero-order valence-corrected chi connectivity index (χ0v) is 14.0. The number of hydrazine groups is 1. The average Bonchev–Trinajstić information content (AvgIpc) is 2.60. The Kier molecular flexibility index (Phi) is 6.44. The van der Waals surface area contributed by atoms with Crippen molar-refractivity contribution in [2.45, 2.75) is 6.42 Å². The third-order valence-corrected chi connectivity index (χ3v) is 3.55. The molecule has 5 heteroatoms. The molecule has 2 aromatic carbocycles. The number of hydrogen-bond donors (Lipinski definition) is 3. The van der Waals surface area contributed by atoms with Gasteiger partial charge in [0.2, 0.25) is 0 Å². The van der Waals surface area contributed by atoms with Crippen molar-refractivity contribution < 1.29 is 4.74 Å². The van der Waals surface area contributed by atoms with Crippen LogP contribution in [0, 0.1) is 0 Å². The Morgan fingerprint density at radius 1 is 1.04 bits per heavy atom. The molecule has 2 rings (SSSR count). The Hall–Kier alpha value is -2.53. The van der Waals surface area contributed by atoms with E-state index in [1.165, 1.54) is 5.56 Å². The van der Waals surface area contributed by atoms with Crippen LogP contribution in [0.5, 0.6) is 5.75 Å². The molecule has 0 aliphatic carbocycles. The van der Waals surface area contributed by atoms with Crippen LogP contribution in [0.25, 0.3) is 5.70 Å². The minimum Gasteiger partial charge on any atom is -0.497 e. The van der Waals surface area contributed by atoms with Gasteiger partial charge < -0.3 is 10.1 Å². The number of rotatable bonds is 7. The maximum atomic E-state index is 5.23. The summed E-state index contributed by atoms with van der Waals surface area (Å²) in [6.45, 7) is 4.75. The number of ether oxygens (including phenoxy) is 1. The van der Waals surface area contributed by atoms with E-state index in [2.05, 4.69) is 34.9 Å². The molecule has 3 N–H and O–H groups in total. The Morgan fingerprint density at radius 2 is 1.74 bits per heavy atom. The Balaban J connectivity index is 1.70. The van der Waals surface area contributed by atoms with Crippen LogP contribution in [0.4, 0.5) is 0 Å². The minimum absolute atomic E-state index is 0.538. The summed E-state index contributed by atoms with van der Waals surface area (Å²) in [5.41, 5.74) is 8.91. The van der Waals surface area contributed by atoms with Gasteiger partial charge in [0.1, 0.15) is 5.75 Å². The van der Waals surface area contributed by atoms with Gasteiger partial charge >= 0.3 is 0 Å². The molecule has 0 fully saturated rings. The van der Waals surface area contributed by atoms with Gasteiger partial charge in [0.25, 0.3) is 0 Å². The van der Waals surface area contributed by atoms with E-state index >= 15 is 0 Å². The lowest BCUT2D eigenvalue weighted by molar-refractivity contribution is 0.415. The van der Waals surface area contributed by atoms with Gasteiger partial charge in [-0.3, -0.25) is 10.9 Å². The lowest BCUT2D eigenvalue weighted by Gasteiger charge is -2.14. The standard InChI is InChI=1S/C18H21N3OS/c1-14(16-8-10-17(22-2)11-9-16)20-21-18(23)19-13-12-15-6-4-3-5-7-15/h3-11,20H,1,12-13H2,2H3,(H2,19,21,23). The Morgan fingerprint density at radius 3 is 2.39 bits per heavy atom. The third kappa shape index (κ3) is 5.64.